The van der Waals surface area contributed by atoms with E-state index in [0.29, 0.717) is 23.7 Å². The van der Waals surface area contributed by atoms with Crippen LogP contribution in [0.5, 0.6) is 11.5 Å². The number of amides is 1. The fourth-order valence-electron chi connectivity index (χ4n) is 3.82. The zero-order chi connectivity index (χ0) is 28.1. The molecule has 38 heavy (non-hydrogen) atoms. The highest BCUT2D eigenvalue weighted by Crippen LogP contribution is 2.34. The number of halogens is 3. The minimum absolute atomic E-state index is 0.0705. The van der Waals surface area contributed by atoms with Gasteiger partial charge in [0.1, 0.15) is 4.90 Å². The summed E-state index contributed by atoms with van der Waals surface area (Å²) < 4.78 is 75.5. The molecule has 0 aliphatic rings. The van der Waals surface area contributed by atoms with Crippen molar-refractivity contribution < 1.29 is 35.3 Å². The van der Waals surface area contributed by atoms with E-state index in [1.165, 1.54) is 19.2 Å². The van der Waals surface area contributed by atoms with Gasteiger partial charge in [-0.25, -0.2) is 0 Å². The lowest BCUT2D eigenvalue weighted by Crippen LogP contribution is -2.33. The smallest absolute Gasteiger partial charge is 0.416 e. The summed E-state index contributed by atoms with van der Waals surface area (Å²) in [6.07, 6.45) is -3.87. The number of rotatable bonds is 10. The maximum atomic E-state index is 13.3. The second-order valence-corrected chi connectivity index (χ2v) is 10.7. The van der Waals surface area contributed by atoms with Crippen molar-refractivity contribution in [3.8, 4) is 11.5 Å². The van der Waals surface area contributed by atoms with Gasteiger partial charge in [0.2, 0.25) is 0 Å². The van der Waals surface area contributed by atoms with E-state index in [0.717, 1.165) is 30.2 Å². The largest absolute Gasteiger partial charge is 0.493 e. The van der Waals surface area contributed by atoms with E-state index in [4.69, 9.17) is 8.92 Å². The molecule has 3 aromatic rings. The lowest BCUT2D eigenvalue weighted by atomic mass is 10.1. The molecule has 0 saturated carbocycles. The fraction of sp³-hybridized carbons (Fsp3) is 0.321. The molecule has 3 rings (SSSR count). The first-order valence-electron chi connectivity index (χ1n) is 12.0. The van der Waals surface area contributed by atoms with Crippen molar-refractivity contribution in [3.63, 3.8) is 0 Å². The molecule has 0 bridgehead atoms. The van der Waals surface area contributed by atoms with Crippen molar-refractivity contribution >= 4 is 16.0 Å². The van der Waals surface area contributed by atoms with E-state index < -0.39 is 26.8 Å². The second kappa shape index (κ2) is 11.9. The first kappa shape index (κ1) is 29.0. The minimum Gasteiger partial charge on any atom is -0.493 e. The topological polar surface area (TPSA) is 72.9 Å². The monoisotopic (exact) mass is 549 g/mol. The van der Waals surface area contributed by atoms with Crippen LogP contribution in [0.25, 0.3) is 0 Å². The molecule has 0 saturated heterocycles. The first-order valence-corrected chi connectivity index (χ1v) is 13.4. The maximum Gasteiger partial charge on any atom is 0.416 e. The van der Waals surface area contributed by atoms with E-state index in [1.54, 1.807) is 23.1 Å². The molecule has 0 spiro atoms. The highest BCUT2D eigenvalue weighted by atomic mass is 32.2. The summed E-state index contributed by atoms with van der Waals surface area (Å²) >= 11 is 0. The molecule has 1 amide bonds. The Labute approximate surface area is 221 Å². The molecule has 204 valence electrons. The van der Waals surface area contributed by atoms with Crippen LogP contribution < -0.4 is 8.92 Å². The number of carbonyl (C=O) groups excluding carboxylic acids is 1. The Kier molecular flexibility index (Phi) is 9.09. The number of hydrogen-bond donors (Lipinski definition) is 0. The Morgan fingerprint density at radius 2 is 1.61 bits per heavy atom. The van der Waals surface area contributed by atoms with Crippen molar-refractivity contribution in [1.29, 1.82) is 0 Å². The molecular formula is C28H30F3NO5S. The number of nitrogens with zero attached hydrogens (tertiary/aromatic N) is 1. The minimum atomic E-state index is -4.72. The lowest BCUT2D eigenvalue weighted by Gasteiger charge is -2.25. The number of ether oxygens (including phenoxy) is 1. The van der Waals surface area contributed by atoms with Crippen LogP contribution in [0.3, 0.4) is 0 Å². The lowest BCUT2D eigenvalue weighted by molar-refractivity contribution is -0.137. The summed E-state index contributed by atoms with van der Waals surface area (Å²) in [5, 5.41) is 0. The van der Waals surface area contributed by atoms with Crippen LogP contribution in [0, 0.1) is 5.92 Å². The maximum absolute atomic E-state index is 13.3. The Morgan fingerprint density at radius 1 is 0.947 bits per heavy atom. The first-order chi connectivity index (χ1) is 17.8. The van der Waals surface area contributed by atoms with E-state index in [9.17, 15) is 26.4 Å². The summed E-state index contributed by atoms with van der Waals surface area (Å²) in [6.45, 7) is 6.57. The van der Waals surface area contributed by atoms with Gasteiger partial charge in [-0.3, -0.25) is 4.79 Å². The van der Waals surface area contributed by atoms with Crippen LogP contribution in [-0.2, 0) is 29.3 Å². The molecule has 0 radical (unpaired) electrons. The van der Waals surface area contributed by atoms with Gasteiger partial charge in [0.25, 0.3) is 5.91 Å². The normalized spacial score (nSPS) is 11.9. The third-order valence-corrected chi connectivity index (χ3v) is 6.96. The van der Waals surface area contributed by atoms with Gasteiger partial charge in [-0.05, 0) is 65.9 Å². The van der Waals surface area contributed by atoms with E-state index >= 15 is 0 Å². The van der Waals surface area contributed by atoms with Gasteiger partial charge >= 0.3 is 16.3 Å². The predicted molar refractivity (Wildman–Crippen MR) is 138 cm³/mol. The standard InChI is InChI=1S/C28H30F3NO5S/c1-5-20-9-12-22(13-10-20)27(33)32(17-19(2)3)18-21-11-14-25(36-4)26(15-21)37-38(34,35)24-8-6-7-23(16-24)28(29,30)31/h6-16,19H,5,17-18H2,1-4H3. The van der Waals surface area contributed by atoms with Crippen LogP contribution in [0.2, 0.25) is 0 Å². The van der Waals surface area contributed by atoms with Crippen molar-refractivity contribution in [2.24, 2.45) is 5.92 Å². The molecule has 0 aliphatic heterocycles. The summed E-state index contributed by atoms with van der Waals surface area (Å²) in [7, 11) is -3.31. The van der Waals surface area contributed by atoms with Crippen molar-refractivity contribution in [1.82, 2.24) is 4.90 Å². The van der Waals surface area contributed by atoms with Crippen LogP contribution in [0.4, 0.5) is 13.2 Å². The number of hydrogen-bond acceptors (Lipinski definition) is 5. The zero-order valence-corrected chi connectivity index (χ0v) is 22.4. The van der Waals surface area contributed by atoms with Gasteiger partial charge in [0, 0.05) is 18.7 Å². The van der Waals surface area contributed by atoms with Crippen LogP contribution >= 0.6 is 0 Å². The van der Waals surface area contributed by atoms with Crippen molar-refractivity contribution in [2.45, 2.75) is 44.8 Å². The molecule has 0 aliphatic carbocycles. The molecule has 0 N–H and O–H groups in total. The van der Waals surface area contributed by atoms with Gasteiger partial charge in [0.15, 0.2) is 11.5 Å². The third kappa shape index (κ3) is 7.28. The molecule has 10 heteroatoms. The number of alkyl halides is 3. The number of methoxy groups -OCH3 is 1. The Balaban J connectivity index is 1.91. The third-order valence-electron chi connectivity index (χ3n) is 5.73. The SMILES string of the molecule is CCc1ccc(C(=O)N(Cc2ccc(OC)c(OS(=O)(=O)c3cccc(C(F)(F)F)c3)c2)CC(C)C)cc1. The van der Waals surface area contributed by atoms with Gasteiger partial charge < -0.3 is 13.8 Å². The Bertz CT molecular complexity index is 1370. The Morgan fingerprint density at radius 3 is 2.18 bits per heavy atom. The van der Waals surface area contributed by atoms with E-state index in [-0.39, 0.29) is 29.9 Å². The van der Waals surface area contributed by atoms with Crippen molar-refractivity contribution in [2.75, 3.05) is 13.7 Å². The molecule has 0 atom stereocenters. The molecule has 3 aromatic carbocycles. The molecule has 0 fully saturated rings. The van der Waals surface area contributed by atoms with Crippen LogP contribution in [-0.4, -0.2) is 32.9 Å². The van der Waals surface area contributed by atoms with Crippen LogP contribution in [0.1, 0.15) is 47.8 Å². The van der Waals surface area contributed by atoms with E-state index in [2.05, 4.69) is 0 Å². The molecule has 6 nitrogen and oxygen atoms in total. The molecule has 0 unspecified atom stereocenters. The number of aryl methyl sites for hydroxylation is 1. The summed E-state index contributed by atoms with van der Waals surface area (Å²) in [4.78, 5) is 14.3. The Hall–Kier alpha value is -3.53. The summed E-state index contributed by atoms with van der Waals surface area (Å²) in [5.41, 5.74) is 1.08. The van der Waals surface area contributed by atoms with Crippen molar-refractivity contribution in [3.05, 3.63) is 89.0 Å². The van der Waals surface area contributed by atoms with Gasteiger partial charge in [-0.1, -0.05) is 45.0 Å². The number of carbonyl (C=O) groups is 1. The summed E-state index contributed by atoms with van der Waals surface area (Å²) in [6, 6.07) is 15.2. The fourth-order valence-corrected chi connectivity index (χ4v) is 4.80. The zero-order valence-electron chi connectivity index (χ0n) is 21.6. The molecule has 0 aromatic heterocycles. The highest BCUT2D eigenvalue weighted by Gasteiger charge is 2.32. The average molecular weight is 550 g/mol. The second-order valence-electron chi connectivity index (χ2n) is 9.18. The van der Waals surface area contributed by atoms with E-state index in [1.807, 2.05) is 32.9 Å². The highest BCUT2D eigenvalue weighted by molar-refractivity contribution is 7.87. The van der Waals surface area contributed by atoms with Gasteiger partial charge in [-0.2, -0.15) is 21.6 Å². The molecule has 0 heterocycles. The van der Waals surface area contributed by atoms with Gasteiger partial charge in [0.05, 0.1) is 12.7 Å². The van der Waals surface area contributed by atoms with Crippen LogP contribution in [0.15, 0.2) is 71.6 Å². The number of benzene rings is 3. The predicted octanol–water partition coefficient (Wildman–Crippen LogP) is 6.34. The summed E-state index contributed by atoms with van der Waals surface area (Å²) in [5.74, 6) is -0.159. The average Bonchev–Trinajstić information content (AvgIpc) is 2.87. The van der Waals surface area contributed by atoms with Gasteiger partial charge in [-0.15, -0.1) is 0 Å². The quantitative estimate of drug-likeness (QED) is 0.276. The molecular weight excluding hydrogens is 519 g/mol.